The predicted molar refractivity (Wildman–Crippen MR) is 98.8 cm³/mol. The van der Waals surface area contributed by atoms with Crippen molar-refractivity contribution in [2.45, 2.75) is 31.6 Å². The van der Waals surface area contributed by atoms with E-state index < -0.39 is 11.7 Å². The molecule has 0 radical (unpaired) electrons. The third kappa shape index (κ3) is 3.85. The molecule has 4 nitrogen and oxygen atoms in total. The molecule has 2 aliphatic heterocycles. The van der Waals surface area contributed by atoms with Crippen LogP contribution in [0, 0.1) is 0 Å². The molecule has 2 aromatic rings. The van der Waals surface area contributed by atoms with Gasteiger partial charge in [0.2, 0.25) is 5.91 Å². The molecule has 1 amide bonds. The molecule has 28 heavy (non-hydrogen) atoms. The average Bonchev–Trinajstić information content (AvgIpc) is 3.13. The molecule has 0 aromatic heterocycles. The fraction of sp³-hybridized carbons (Fsp3) is 0.381. The molecule has 2 aromatic carbocycles. The van der Waals surface area contributed by atoms with Crippen LogP contribution in [0.25, 0.3) is 11.1 Å². The minimum Gasteiger partial charge on any atom is -0.491 e. The molecule has 4 rings (SSSR count). The van der Waals surface area contributed by atoms with Crippen molar-refractivity contribution >= 4 is 5.91 Å². The van der Waals surface area contributed by atoms with Crippen molar-refractivity contribution in [2.75, 3.05) is 19.7 Å². The highest BCUT2D eigenvalue weighted by Crippen LogP contribution is 2.33. The highest BCUT2D eigenvalue weighted by molar-refractivity contribution is 5.82. The van der Waals surface area contributed by atoms with Crippen molar-refractivity contribution in [1.29, 1.82) is 0 Å². The highest BCUT2D eigenvalue weighted by atomic mass is 19.4. The van der Waals surface area contributed by atoms with Crippen molar-refractivity contribution in [2.24, 2.45) is 0 Å². The van der Waals surface area contributed by atoms with Gasteiger partial charge in [0, 0.05) is 12.1 Å². The lowest BCUT2D eigenvalue weighted by Crippen LogP contribution is -2.44. The van der Waals surface area contributed by atoms with Gasteiger partial charge in [-0.2, -0.15) is 13.2 Å². The minimum atomic E-state index is -4.35. The van der Waals surface area contributed by atoms with Crippen LogP contribution in [0.3, 0.4) is 0 Å². The van der Waals surface area contributed by atoms with Gasteiger partial charge in [0.1, 0.15) is 12.4 Å². The number of hydrogen-bond acceptors (Lipinski definition) is 3. The fourth-order valence-electron chi connectivity index (χ4n) is 3.73. The normalized spacial score (nSPS) is 19.7. The van der Waals surface area contributed by atoms with Gasteiger partial charge in [-0.3, -0.25) is 4.79 Å². The van der Waals surface area contributed by atoms with Crippen molar-refractivity contribution in [3.8, 4) is 16.9 Å². The quantitative estimate of drug-likeness (QED) is 0.847. The summed E-state index contributed by atoms with van der Waals surface area (Å²) in [7, 11) is 0. The summed E-state index contributed by atoms with van der Waals surface area (Å²) in [4.78, 5) is 14.5. The topological polar surface area (TPSA) is 41.6 Å². The smallest absolute Gasteiger partial charge is 0.416 e. The number of fused-ring (bicyclic) bond motifs is 1. The number of nitrogens with zero attached hydrogens (tertiary/aromatic N) is 1. The largest absolute Gasteiger partial charge is 0.491 e. The lowest BCUT2D eigenvalue weighted by Gasteiger charge is -2.23. The molecule has 1 fully saturated rings. The molecule has 2 heterocycles. The number of hydrogen-bond donors (Lipinski definition) is 1. The van der Waals surface area contributed by atoms with Gasteiger partial charge in [0.25, 0.3) is 0 Å². The summed E-state index contributed by atoms with van der Waals surface area (Å²) < 4.78 is 44.1. The van der Waals surface area contributed by atoms with Gasteiger partial charge in [-0.25, -0.2) is 0 Å². The lowest BCUT2D eigenvalue weighted by molar-refractivity contribution is -0.137. The monoisotopic (exact) mass is 390 g/mol. The molecule has 7 heteroatoms. The minimum absolute atomic E-state index is 0.0777. The van der Waals surface area contributed by atoms with Gasteiger partial charge < -0.3 is 15.0 Å². The third-order valence-electron chi connectivity index (χ3n) is 5.26. The zero-order valence-electron chi connectivity index (χ0n) is 15.3. The maximum Gasteiger partial charge on any atom is 0.416 e. The Bertz CT molecular complexity index is 859. The van der Waals surface area contributed by atoms with Crippen LogP contribution in [0.15, 0.2) is 42.5 Å². The number of benzene rings is 2. The van der Waals surface area contributed by atoms with Crippen molar-refractivity contribution < 1.29 is 22.7 Å². The Hall–Kier alpha value is -2.54. The maximum absolute atomic E-state index is 12.8. The van der Waals surface area contributed by atoms with Crippen molar-refractivity contribution in [3.05, 3.63) is 53.6 Å². The van der Waals surface area contributed by atoms with E-state index in [1.165, 1.54) is 12.1 Å². The van der Waals surface area contributed by atoms with E-state index in [0.29, 0.717) is 31.0 Å². The van der Waals surface area contributed by atoms with E-state index in [9.17, 15) is 18.0 Å². The average molecular weight is 390 g/mol. The van der Waals surface area contributed by atoms with Crippen LogP contribution in [0.5, 0.6) is 5.75 Å². The summed E-state index contributed by atoms with van der Waals surface area (Å²) in [6, 6.07) is 10.5. The second-order valence-electron chi connectivity index (χ2n) is 7.15. The molecule has 148 valence electrons. The van der Waals surface area contributed by atoms with E-state index in [2.05, 4.69) is 5.32 Å². The Balaban J connectivity index is 1.58. The Morgan fingerprint density at radius 1 is 1.11 bits per heavy atom. The molecule has 0 saturated carbocycles. The second kappa shape index (κ2) is 7.47. The zero-order valence-corrected chi connectivity index (χ0v) is 15.3. The van der Waals surface area contributed by atoms with E-state index in [1.54, 1.807) is 4.90 Å². The number of amides is 1. The Morgan fingerprint density at radius 2 is 1.86 bits per heavy atom. The number of nitrogens with one attached hydrogen (secondary N) is 1. The highest BCUT2D eigenvalue weighted by Gasteiger charge is 2.30. The SMILES string of the molecule is O=C([C@H]1CCCN1)N1CCOc2ccc(-c3ccc(C(F)(F)F)cc3)cc2C1. The standard InChI is InChI=1S/C21H21F3N2O2/c22-21(23,24)17-6-3-14(4-7-17)15-5-8-19-16(12-15)13-26(10-11-28-19)20(27)18-2-1-9-25-18/h3-8,12,18,25H,1-2,9-11,13H2/t18-/m1/s1. The third-order valence-corrected chi connectivity index (χ3v) is 5.26. The van der Waals surface area contributed by atoms with Crippen LogP contribution >= 0.6 is 0 Å². The number of rotatable bonds is 2. The van der Waals surface area contributed by atoms with Crippen LogP contribution in [0.1, 0.15) is 24.0 Å². The van der Waals surface area contributed by atoms with Crippen LogP contribution in [0.4, 0.5) is 13.2 Å². The van der Waals surface area contributed by atoms with Gasteiger partial charge in [-0.05, 0) is 54.8 Å². The zero-order chi connectivity index (χ0) is 19.7. The molecule has 0 aliphatic carbocycles. The molecule has 1 atom stereocenters. The lowest BCUT2D eigenvalue weighted by atomic mass is 10.0. The van der Waals surface area contributed by atoms with E-state index in [1.807, 2.05) is 18.2 Å². The second-order valence-corrected chi connectivity index (χ2v) is 7.15. The summed E-state index contributed by atoms with van der Waals surface area (Å²) in [5, 5.41) is 3.23. The maximum atomic E-state index is 12.8. The first-order valence-electron chi connectivity index (χ1n) is 9.37. The molecule has 0 bridgehead atoms. The Kier molecular flexibility index (Phi) is 5.02. The summed E-state index contributed by atoms with van der Waals surface area (Å²) in [6.45, 7) is 2.22. The molecule has 0 unspecified atom stereocenters. The molecular formula is C21H21F3N2O2. The van der Waals surface area contributed by atoms with Gasteiger partial charge in [0.15, 0.2) is 0 Å². The number of ether oxygens (including phenoxy) is 1. The summed E-state index contributed by atoms with van der Waals surface area (Å²) in [5.41, 5.74) is 1.68. The summed E-state index contributed by atoms with van der Waals surface area (Å²) in [6.07, 6.45) is -2.51. The Morgan fingerprint density at radius 3 is 2.54 bits per heavy atom. The number of alkyl halides is 3. The van der Waals surface area contributed by atoms with Crippen LogP contribution in [-0.4, -0.2) is 36.5 Å². The first kappa shape index (κ1) is 18.8. The molecule has 1 saturated heterocycles. The first-order chi connectivity index (χ1) is 13.4. The fourth-order valence-corrected chi connectivity index (χ4v) is 3.73. The van der Waals surface area contributed by atoms with Gasteiger partial charge in [0.05, 0.1) is 18.2 Å². The van der Waals surface area contributed by atoms with Crippen LogP contribution < -0.4 is 10.1 Å². The van der Waals surface area contributed by atoms with E-state index in [4.69, 9.17) is 4.74 Å². The molecular weight excluding hydrogens is 369 g/mol. The van der Waals surface area contributed by atoms with Crippen LogP contribution in [0.2, 0.25) is 0 Å². The molecule has 2 aliphatic rings. The van der Waals surface area contributed by atoms with E-state index in [0.717, 1.165) is 42.6 Å². The van der Waals surface area contributed by atoms with E-state index >= 15 is 0 Å². The van der Waals surface area contributed by atoms with Gasteiger partial charge in [-0.15, -0.1) is 0 Å². The van der Waals surface area contributed by atoms with Gasteiger partial charge in [-0.1, -0.05) is 18.2 Å². The van der Waals surface area contributed by atoms with Crippen LogP contribution in [-0.2, 0) is 17.5 Å². The van der Waals surface area contributed by atoms with E-state index in [-0.39, 0.29) is 11.9 Å². The summed E-state index contributed by atoms with van der Waals surface area (Å²) >= 11 is 0. The number of halogens is 3. The van der Waals surface area contributed by atoms with Crippen molar-refractivity contribution in [3.63, 3.8) is 0 Å². The predicted octanol–water partition coefficient (Wildman–Crippen LogP) is 3.85. The molecule has 1 N–H and O–H groups in total. The number of carbonyl (C=O) groups is 1. The van der Waals surface area contributed by atoms with Crippen molar-refractivity contribution in [1.82, 2.24) is 10.2 Å². The Labute approximate surface area is 161 Å². The summed E-state index contributed by atoms with van der Waals surface area (Å²) in [5.74, 6) is 0.791. The van der Waals surface area contributed by atoms with Gasteiger partial charge >= 0.3 is 6.18 Å². The number of carbonyl (C=O) groups excluding carboxylic acids is 1. The molecule has 0 spiro atoms. The first-order valence-corrected chi connectivity index (χ1v) is 9.37.